The van der Waals surface area contributed by atoms with Crippen molar-refractivity contribution in [1.29, 1.82) is 0 Å². The molecule has 0 atom stereocenters. The lowest BCUT2D eigenvalue weighted by molar-refractivity contribution is 0.0699. The van der Waals surface area contributed by atoms with Crippen molar-refractivity contribution < 1.29 is 13.2 Å². The fourth-order valence-electron chi connectivity index (χ4n) is 2.58. The summed E-state index contributed by atoms with van der Waals surface area (Å²) in [6.07, 6.45) is 1.79. The zero-order valence-electron chi connectivity index (χ0n) is 11.3. The van der Waals surface area contributed by atoms with Crippen LogP contribution >= 0.6 is 0 Å². The van der Waals surface area contributed by atoms with Crippen molar-refractivity contribution in [2.24, 2.45) is 5.14 Å². The van der Waals surface area contributed by atoms with Gasteiger partial charge in [0, 0.05) is 37.8 Å². The van der Waals surface area contributed by atoms with Crippen molar-refractivity contribution >= 4 is 27.0 Å². The number of para-hydroxylation sites is 1. The third-order valence-corrected chi connectivity index (χ3v) is 4.79. The first-order valence-corrected chi connectivity index (χ1v) is 8.10. The smallest absolute Gasteiger partial charge is 0.277 e. The Bertz CT molecular complexity index is 776. The number of piperazine rings is 1. The van der Waals surface area contributed by atoms with E-state index in [9.17, 15) is 13.2 Å². The highest BCUT2D eigenvalue weighted by Crippen LogP contribution is 2.19. The number of nitrogens with zero attached hydrogens (tertiary/aromatic N) is 2. The molecule has 1 saturated heterocycles. The van der Waals surface area contributed by atoms with Gasteiger partial charge in [0.2, 0.25) is 0 Å². The Hall–Kier alpha value is -1.90. The summed E-state index contributed by atoms with van der Waals surface area (Å²) in [5.41, 5.74) is 1.40. The van der Waals surface area contributed by atoms with Crippen LogP contribution in [0.4, 0.5) is 0 Å². The molecule has 0 saturated carbocycles. The summed E-state index contributed by atoms with van der Waals surface area (Å²) >= 11 is 0. The van der Waals surface area contributed by atoms with Gasteiger partial charge in [0.05, 0.1) is 11.1 Å². The predicted octanol–water partition coefficient (Wildman–Crippen LogP) is 0.129. The van der Waals surface area contributed by atoms with E-state index in [1.807, 2.05) is 18.2 Å². The summed E-state index contributed by atoms with van der Waals surface area (Å²) in [6, 6.07) is 7.45. The number of hydrogen-bond acceptors (Lipinski definition) is 3. The van der Waals surface area contributed by atoms with Crippen LogP contribution in [0.2, 0.25) is 0 Å². The minimum Gasteiger partial charge on any atom is -0.361 e. The minimum atomic E-state index is -3.68. The molecule has 8 heteroatoms. The molecule has 21 heavy (non-hydrogen) atoms. The van der Waals surface area contributed by atoms with Gasteiger partial charge in [-0.3, -0.25) is 4.79 Å². The Balaban J connectivity index is 1.80. The molecule has 1 amide bonds. The standard InChI is InChI=1S/C13H16N4O3S/c14-21(19,20)17-8-6-16(7-9-17)13(18)11-3-1-2-10-4-5-15-12(10)11/h1-5,15H,6-9H2,(H2,14,19,20). The molecule has 1 aromatic heterocycles. The van der Waals surface area contributed by atoms with Crippen LogP contribution in [-0.4, -0.2) is 54.7 Å². The highest BCUT2D eigenvalue weighted by Gasteiger charge is 2.27. The van der Waals surface area contributed by atoms with Gasteiger partial charge in [-0.05, 0) is 12.1 Å². The second-order valence-corrected chi connectivity index (χ2v) is 6.53. The number of hydrogen-bond donors (Lipinski definition) is 2. The molecule has 0 spiro atoms. The van der Waals surface area contributed by atoms with E-state index in [0.717, 1.165) is 10.9 Å². The predicted molar refractivity (Wildman–Crippen MR) is 78.9 cm³/mol. The number of H-pyrrole nitrogens is 1. The molecule has 3 N–H and O–H groups in total. The van der Waals surface area contributed by atoms with Crippen LogP contribution in [0.3, 0.4) is 0 Å². The molecule has 1 aromatic carbocycles. The van der Waals surface area contributed by atoms with E-state index in [-0.39, 0.29) is 19.0 Å². The lowest BCUT2D eigenvalue weighted by atomic mass is 10.1. The van der Waals surface area contributed by atoms with Crippen molar-refractivity contribution in [2.45, 2.75) is 0 Å². The summed E-state index contributed by atoms with van der Waals surface area (Å²) in [5, 5.41) is 6.07. The molecule has 3 rings (SSSR count). The molecule has 1 aliphatic heterocycles. The molecule has 2 aromatic rings. The molecular weight excluding hydrogens is 292 g/mol. The average Bonchev–Trinajstić information content (AvgIpc) is 2.94. The van der Waals surface area contributed by atoms with Gasteiger partial charge in [-0.2, -0.15) is 12.7 Å². The molecule has 7 nitrogen and oxygen atoms in total. The maximum atomic E-state index is 12.6. The van der Waals surface area contributed by atoms with Crippen molar-refractivity contribution in [2.75, 3.05) is 26.2 Å². The van der Waals surface area contributed by atoms with Crippen LogP contribution < -0.4 is 5.14 Å². The van der Waals surface area contributed by atoms with Crippen LogP contribution in [0.5, 0.6) is 0 Å². The van der Waals surface area contributed by atoms with Gasteiger partial charge >= 0.3 is 0 Å². The Morgan fingerprint density at radius 1 is 1.14 bits per heavy atom. The zero-order chi connectivity index (χ0) is 15.0. The molecule has 0 bridgehead atoms. The molecule has 1 aliphatic rings. The number of fused-ring (bicyclic) bond motifs is 1. The van der Waals surface area contributed by atoms with E-state index in [1.165, 1.54) is 4.31 Å². The molecule has 0 radical (unpaired) electrons. The number of aromatic amines is 1. The topological polar surface area (TPSA) is 99.5 Å². The maximum absolute atomic E-state index is 12.6. The summed E-state index contributed by atoms with van der Waals surface area (Å²) in [4.78, 5) is 17.3. The molecular formula is C13H16N4O3S. The molecule has 2 heterocycles. The van der Waals surface area contributed by atoms with E-state index >= 15 is 0 Å². The van der Waals surface area contributed by atoms with Crippen LogP contribution in [0.15, 0.2) is 30.5 Å². The van der Waals surface area contributed by atoms with Gasteiger partial charge in [0.25, 0.3) is 16.1 Å². The lowest BCUT2D eigenvalue weighted by Gasteiger charge is -2.33. The largest absolute Gasteiger partial charge is 0.361 e. The summed E-state index contributed by atoms with van der Waals surface area (Å²) in [6.45, 7) is 1.13. The Kier molecular flexibility index (Phi) is 3.44. The number of aromatic nitrogens is 1. The van der Waals surface area contributed by atoms with Gasteiger partial charge in [-0.25, -0.2) is 5.14 Å². The molecule has 112 valence electrons. The Morgan fingerprint density at radius 3 is 2.52 bits per heavy atom. The van der Waals surface area contributed by atoms with E-state index < -0.39 is 10.2 Å². The van der Waals surface area contributed by atoms with E-state index in [4.69, 9.17) is 5.14 Å². The molecule has 0 unspecified atom stereocenters. The van der Waals surface area contributed by atoms with E-state index in [1.54, 1.807) is 17.2 Å². The number of carbonyl (C=O) groups is 1. The third-order valence-electron chi connectivity index (χ3n) is 3.70. The van der Waals surface area contributed by atoms with Gasteiger partial charge < -0.3 is 9.88 Å². The number of rotatable bonds is 2. The number of nitrogens with two attached hydrogens (primary N) is 1. The lowest BCUT2D eigenvalue weighted by Crippen LogP contribution is -2.52. The first-order valence-electron chi connectivity index (χ1n) is 6.60. The van der Waals surface area contributed by atoms with Crippen molar-refractivity contribution in [3.8, 4) is 0 Å². The van der Waals surface area contributed by atoms with Crippen LogP contribution in [-0.2, 0) is 10.2 Å². The summed E-state index contributed by atoms with van der Waals surface area (Å²) in [7, 11) is -3.68. The van der Waals surface area contributed by atoms with Gasteiger partial charge in [-0.15, -0.1) is 0 Å². The van der Waals surface area contributed by atoms with Crippen molar-refractivity contribution in [3.05, 3.63) is 36.0 Å². The first kappa shape index (κ1) is 14.1. The van der Waals surface area contributed by atoms with Gasteiger partial charge in [0.1, 0.15) is 0 Å². The average molecular weight is 308 g/mol. The second-order valence-electron chi connectivity index (χ2n) is 4.98. The number of nitrogens with one attached hydrogen (secondary N) is 1. The number of amides is 1. The van der Waals surface area contributed by atoms with Crippen LogP contribution in [0.25, 0.3) is 10.9 Å². The Morgan fingerprint density at radius 2 is 1.86 bits per heavy atom. The normalized spacial score (nSPS) is 17.3. The highest BCUT2D eigenvalue weighted by molar-refractivity contribution is 7.86. The second kappa shape index (κ2) is 5.14. The van der Waals surface area contributed by atoms with Crippen LogP contribution in [0, 0.1) is 0 Å². The summed E-state index contributed by atoms with van der Waals surface area (Å²) in [5.74, 6) is -0.0999. The molecule has 1 fully saturated rings. The minimum absolute atomic E-state index is 0.0999. The number of benzene rings is 1. The van der Waals surface area contributed by atoms with Gasteiger partial charge in [-0.1, -0.05) is 12.1 Å². The quantitative estimate of drug-likeness (QED) is 0.824. The first-order chi connectivity index (χ1) is 9.97. The SMILES string of the molecule is NS(=O)(=O)N1CCN(C(=O)c2cccc3cc[nH]c23)CC1. The highest BCUT2D eigenvalue weighted by atomic mass is 32.2. The monoisotopic (exact) mass is 308 g/mol. The van der Waals surface area contributed by atoms with E-state index in [2.05, 4.69) is 4.98 Å². The maximum Gasteiger partial charge on any atom is 0.277 e. The third kappa shape index (κ3) is 2.65. The fourth-order valence-corrected chi connectivity index (χ4v) is 3.25. The van der Waals surface area contributed by atoms with Crippen LogP contribution in [0.1, 0.15) is 10.4 Å². The van der Waals surface area contributed by atoms with Crippen molar-refractivity contribution in [3.63, 3.8) is 0 Å². The molecule has 0 aliphatic carbocycles. The van der Waals surface area contributed by atoms with E-state index in [0.29, 0.717) is 18.7 Å². The fraction of sp³-hybridized carbons (Fsp3) is 0.308. The zero-order valence-corrected chi connectivity index (χ0v) is 12.1. The summed E-state index contributed by atoms with van der Waals surface area (Å²) < 4.78 is 23.7. The number of carbonyl (C=O) groups excluding carboxylic acids is 1. The van der Waals surface area contributed by atoms with Gasteiger partial charge in [0.15, 0.2) is 0 Å². The van der Waals surface area contributed by atoms with Crippen molar-refractivity contribution in [1.82, 2.24) is 14.2 Å². The Labute approximate surface area is 122 Å².